The molecule has 2 heterocycles. The minimum atomic E-state index is -3.76. The number of rotatable bonds is 6. The van der Waals surface area contributed by atoms with E-state index in [-0.39, 0.29) is 35.5 Å². The molecule has 172 valence electrons. The molecule has 2 fully saturated rings. The minimum absolute atomic E-state index is 0.0347. The number of halogens is 2. The van der Waals surface area contributed by atoms with E-state index in [1.165, 1.54) is 28.9 Å². The number of sulfonamides is 1. The maximum atomic E-state index is 13.4. The lowest BCUT2D eigenvalue weighted by Crippen LogP contribution is -2.50. The molecule has 0 spiro atoms. The third-order valence-electron chi connectivity index (χ3n) is 5.85. The van der Waals surface area contributed by atoms with Crippen molar-refractivity contribution in [2.75, 3.05) is 56.0 Å². The molecule has 0 radical (unpaired) electrons. The highest BCUT2D eigenvalue weighted by molar-refractivity contribution is 7.89. The second-order valence-corrected chi connectivity index (χ2v) is 10.4. The average molecular weight is 481 g/mol. The molecule has 0 saturated carbocycles. The molecule has 0 aliphatic carbocycles. The summed E-state index contributed by atoms with van der Waals surface area (Å²) < 4.78 is 40.3. The van der Waals surface area contributed by atoms with Crippen molar-refractivity contribution in [3.8, 4) is 0 Å². The Morgan fingerprint density at radius 3 is 2.25 bits per heavy atom. The van der Waals surface area contributed by atoms with Crippen LogP contribution in [0.3, 0.4) is 0 Å². The molecule has 2 aliphatic heterocycles. The Bertz CT molecular complexity index is 1070. The van der Waals surface area contributed by atoms with E-state index in [0.717, 1.165) is 30.9 Å². The molecule has 1 N–H and O–H groups in total. The van der Waals surface area contributed by atoms with E-state index in [0.29, 0.717) is 13.1 Å². The van der Waals surface area contributed by atoms with Crippen LogP contribution in [-0.2, 0) is 14.8 Å². The van der Waals surface area contributed by atoms with Crippen LogP contribution in [-0.4, -0.2) is 69.3 Å². The number of carbonyl (C=O) groups excluding carboxylic acids is 1. The maximum Gasteiger partial charge on any atom is 0.243 e. The molecule has 10 heteroatoms. The quantitative estimate of drug-likeness (QED) is 0.688. The topological polar surface area (TPSA) is 73.0 Å². The van der Waals surface area contributed by atoms with E-state index < -0.39 is 15.8 Å². The van der Waals surface area contributed by atoms with Gasteiger partial charge >= 0.3 is 0 Å². The summed E-state index contributed by atoms with van der Waals surface area (Å²) in [5.74, 6) is -0.798. The van der Waals surface area contributed by atoms with Crippen LogP contribution in [0.15, 0.2) is 47.4 Å². The van der Waals surface area contributed by atoms with Gasteiger partial charge in [0, 0.05) is 50.6 Å². The lowest BCUT2D eigenvalue weighted by molar-refractivity contribution is -0.117. The molecule has 0 unspecified atom stereocenters. The molecule has 0 atom stereocenters. The highest BCUT2D eigenvalue weighted by atomic mass is 35.5. The predicted octanol–water partition coefficient (Wildman–Crippen LogP) is 3.02. The van der Waals surface area contributed by atoms with Crippen LogP contribution in [0.25, 0.3) is 0 Å². The summed E-state index contributed by atoms with van der Waals surface area (Å²) in [6.07, 6.45) is 2.43. The monoisotopic (exact) mass is 480 g/mol. The van der Waals surface area contributed by atoms with E-state index in [1.807, 2.05) is 29.2 Å². The van der Waals surface area contributed by atoms with Gasteiger partial charge in [-0.15, -0.1) is 0 Å². The van der Waals surface area contributed by atoms with Crippen LogP contribution in [0.2, 0.25) is 5.02 Å². The van der Waals surface area contributed by atoms with E-state index in [2.05, 4.69) is 10.2 Å². The van der Waals surface area contributed by atoms with Gasteiger partial charge < -0.3 is 10.2 Å². The van der Waals surface area contributed by atoms with E-state index in [4.69, 9.17) is 11.6 Å². The van der Waals surface area contributed by atoms with E-state index in [1.54, 1.807) is 0 Å². The molecule has 32 heavy (non-hydrogen) atoms. The molecule has 7 nitrogen and oxygen atoms in total. The van der Waals surface area contributed by atoms with E-state index >= 15 is 0 Å². The smallest absolute Gasteiger partial charge is 0.243 e. The van der Waals surface area contributed by atoms with Crippen molar-refractivity contribution >= 4 is 38.9 Å². The van der Waals surface area contributed by atoms with Crippen molar-refractivity contribution in [2.24, 2.45) is 0 Å². The molecule has 1 amide bonds. The maximum absolute atomic E-state index is 13.4. The van der Waals surface area contributed by atoms with Crippen molar-refractivity contribution in [3.63, 3.8) is 0 Å². The van der Waals surface area contributed by atoms with Crippen molar-refractivity contribution in [2.45, 2.75) is 17.7 Å². The molecule has 0 aromatic heterocycles. The zero-order chi connectivity index (χ0) is 22.7. The number of benzene rings is 2. The fourth-order valence-electron chi connectivity index (χ4n) is 4.05. The number of hydrogen-bond donors (Lipinski definition) is 1. The SMILES string of the molecule is O=C(CN1CCN(S(=O)(=O)c2ccc(F)c(Cl)c2)CC1)Nc1ccc(N2CCCC2)cc1. The largest absolute Gasteiger partial charge is 0.372 e. The highest BCUT2D eigenvalue weighted by Gasteiger charge is 2.29. The van der Waals surface area contributed by atoms with Crippen LogP contribution in [0.5, 0.6) is 0 Å². The molecular weight excluding hydrogens is 455 g/mol. The molecule has 0 bridgehead atoms. The summed E-state index contributed by atoms with van der Waals surface area (Å²) >= 11 is 5.73. The second-order valence-electron chi connectivity index (χ2n) is 8.05. The van der Waals surface area contributed by atoms with Crippen molar-refractivity contribution in [1.82, 2.24) is 9.21 Å². The third-order valence-corrected chi connectivity index (χ3v) is 8.03. The van der Waals surface area contributed by atoms with Gasteiger partial charge in [-0.05, 0) is 55.3 Å². The third kappa shape index (κ3) is 5.23. The van der Waals surface area contributed by atoms with Crippen LogP contribution < -0.4 is 10.2 Å². The number of nitrogens with one attached hydrogen (secondary N) is 1. The van der Waals surface area contributed by atoms with Gasteiger partial charge in [0.1, 0.15) is 5.82 Å². The number of amides is 1. The van der Waals surface area contributed by atoms with E-state index in [9.17, 15) is 17.6 Å². The first-order valence-corrected chi connectivity index (χ1v) is 12.5. The van der Waals surface area contributed by atoms with Gasteiger partial charge in [-0.3, -0.25) is 9.69 Å². The van der Waals surface area contributed by atoms with Gasteiger partial charge in [-0.1, -0.05) is 11.6 Å². The van der Waals surface area contributed by atoms with Gasteiger partial charge in [-0.25, -0.2) is 12.8 Å². The van der Waals surface area contributed by atoms with Crippen LogP contribution in [0.1, 0.15) is 12.8 Å². The Morgan fingerprint density at radius 1 is 0.969 bits per heavy atom. The summed E-state index contributed by atoms with van der Waals surface area (Å²) in [7, 11) is -3.76. The number of piperazine rings is 1. The summed E-state index contributed by atoms with van der Waals surface area (Å²) in [4.78, 5) is 16.7. The minimum Gasteiger partial charge on any atom is -0.372 e. The molecule has 2 aliphatic rings. The number of hydrogen-bond acceptors (Lipinski definition) is 5. The summed E-state index contributed by atoms with van der Waals surface area (Å²) in [6.45, 7) is 3.67. The van der Waals surface area contributed by atoms with Gasteiger partial charge in [0.25, 0.3) is 0 Å². The Kier molecular flexibility index (Phi) is 6.99. The predicted molar refractivity (Wildman–Crippen MR) is 123 cm³/mol. The van der Waals surface area contributed by atoms with Crippen molar-refractivity contribution in [3.05, 3.63) is 53.3 Å². The summed E-state index contributed by atoms with van der Waals surface area (Å²) in [5.41, 5.74) is 1.91. The number of anilines is 2. The van der Waals surface area contributed by atoms with Crippen LogP contribution in [0.4, 0.5) is 15.8 Å². The van der Waals surface area contributed by atoms with Crippen molar-refractivity contribution in [1.29, 1.82) is 0 Å². The van der Waals surface area contributed by atoms with Gasteiger partial charge in [0.2, 0.25) is 15.9 Å². The number of carbonyl (C=O) groups is 1. The Morgan fingerprint density at radius 2 is 1.62 bits per heavy atom. The van der Waals surface area contributed by atoms with Gasteiger partial charge in [-0.2, -0.15) is 4.31 Å². The Balaban J connectivity index is 1.28. The average Bonchev–Trinajstić information content (AvgIpc) is 3.31. The van der Waals surface area contributed by atoms with Gasteiger partial charge in [0.05, 0.1) is 16.5 Å². The Labute approximate surface area is 192 Å². The summed E-state index contributed by atoms with van der Waals surface area (Å²) in [6, 6.07) is 11.2. The molecule has 2 aromatic carbocycles. The zero-order valence-electron chi connectivity index (χ0n) is 17.6. The van der Waals surface area contributed by atoms with Crippen LogP contribution in [0, 0.1) is 5.82 Å². The molecular formula is C22H26ClFN4O3S. The fourth-order valence-corrected chi connectivity index (χ4v) is 5.74. The fraction of sp³-hybridized carbons (Fsp3) is 0.409. The first-order chi connectivity index (χ1) is 15.3. The first kappa shape index (κ1) is 23.0. The van der Waals surface area contributed by atoms with Crippen molar-refractivity contribution < 1.29 is 17.6 Å². The number of nitrogens with zero attached hydrogens (tertiary/aromatic N) is 3. The van der Waals surface area contributed by atoms with Gasteiger partial charge in [0.15, 0.2) is 0 Å². The molecule has 2 saturated heterocycles. The Hall–Kier alpha value is -2.20. The molecule has 2 aromatic rings. The lowest BCUT2D eigenvalue weighted by atomic mass is 10.2. The first-order valence-electron chi connectivity index (χ1n) is 10.7. The van der Waals surface area contributed by atoms with Crippen LogP contribution >= 0.6 is 11.6 Å². The highest BCUT2D eigenvalue weighted by Crippen LogP contribution is 2.24. The zero-order valence-corrected chi connectivity index (χ0v) is 19.2. The normalized spacial score (nSPS) is 18.1. The lowest BCUT2D eigenvalue weighted by Gasteiger charge is -2.33. The summed E-state index contributed by atoms with van der Waals surface area (Å²) in [5, 5.41) is 2.68. The molecule has 4 rings (SSSR count). The standard InChI is InChI=1S/C22H26ClFN4O3S/c23-20-15-19(7-8-21(20)24)32(30,31)28-13-11-26(12-14-28)16-22(29)25-17-3-5-18(6-4-17)27-9-1-2-10-27/h3-8,15H,1-2,9-14,16H2,(H,25,29). The second kappa shape index (κ2) is 9.74.